The van der Waals surface area contributed by atoms with Gasteiger partial charge in [-0.1, -0.05) is 88.7 Å². The summed E-state index contributed by atoms with van der Waals surface area (Å²) in [6.07, 6.45) is 0.128. The number of rotatable bonds is 4. The molecule has 0 aliphatic carbocycles. The van der Waals surface area contributed by atoms with Gasteiger partial charge < -0.3 is 4.74 Å². The topological polar surface area (TPSA) is 29.5 Å². The molecule has 0 N–H and O–H groups in total. The molecule has 2 heterocycles. The lowest BCUT2D eigenvalue weighted by Gasteiger charge is -2.57. The number of hydrogen-bond acceptors (Lipinski definition) is 3. The third-order valence-electron chi connectivity index (χ3n) is 6.66. The van der Waals surface area contributed by atoms with Crippen LogP contribution in [0.15, 0.2) is 119 Å². The van der Waals surface area contributed by atoms with Crippen LogP contribution in [0.2, 0.25) is 0 Å². The highest BCUT2D eigenvalue weighted by molar-refractivity contribution is 9.10. The first kappa shape index (κ1) is 21.5. The Morgan fingerprint density at radius 3 is 2.21 bits per heavy atom. The molecule has 1 saturated heterocycles. The number of thioether (sulfide) groups is 1. The van der Waals surface area contributed by atoms with Gasteiger partial charge in [0.05, 0.1) is 5.69 Å². The lowest BCUT2D eigenvalue weighted by molar-refractivity contribution is -0.142. The number of ether oxygens (including phenoxy) is 1. The van der Waals surface area contributed by atoms with Gasteiger partial charge in [0.1, 0.15) is 11.3 Å². The van der Waals surface area contributed by atoms with E-state index in [1.165, 1.54) is 5.56 Å². The van der Waals surface area contributed by atoms with Gasteiger partial charge >= 0.3 is 0 Å². The molecule has 3 atom stereocenters. The lowest BCUT2D eigenvalue weighted by Crippen LogP contribution is -2.74. The summed E-state index contributed by atoms with van der Waals surface area (Å²) < 4.78 is 7.51. The second kappa shape index (κ2) is 8.64. The highest BCUT2D eigenvalue weighted by atomic mass is 79.9. The van der Waals surface area contributed by atoms with E-state index in [9.17, 15) is 4.79 Å². The molecule has 6 rings (SSSR count). The van der Waals surface area contributed by atoms with Gasteiger partial charge in [-0.15, -0.1) is 11.8 Å². The molecule has 1 amide bonds. The molecule has 4 aromatic rings. The Hall–Kier alpha value is -3.02. The van der Waals surface area contributed by atoms with Crippen LogP contribution >= 0.6 is 27.7 Å². The zero-order valence-electron chi connectivity index (χ0n) is 18.3. The minimum atomic E-state index is -0.620. The number of halogens is 1. The summed E-state index contributed by atoms with van der Waals surface area (Å²) in [5.41, 5.74) is 2.66. The molecular weight excluding hydrogens is 506 g/mol. The molecule has 1 fully saturated rings. The maximum atomic E-state index is 13.8. The summed E-state index contributed by atoms with van der Waals surface area (Å²) in [6, 6.07) is 36.8. The highest BCUT2D eigenvalue weighted by Crippen LogP contribution is 2.59. The van der Waals surface area contributed by atoms with Gasteiger partial charge in [0, 0.05) is 14.6 Å². The molecule has 34 heavy (non-hydrogen) atoms. The first-order valence-electron chi connectivity index (χ1n) is 11.3. The van der Waals surface area contributed by atoms with Crippen molar-refractivity contribution in [3.8, 4) is 5.75 Å². The van der Waals surface area contributed by atoms with Gasteiger partial charge in [-0.3, -0.25) is 9.69 Å². The van der Waals surface area contributed by atoms with E-state index in [1.54, 1.807) is 0 Å². The van der Waals surface area contributed by atoms with Crippen LogP contribution in [0.3, 0.4) is 0 Å². The molecule has 0 aromatic heterocycles. The number of benzene rings is 4. The summed E-state index contributed by atoms with van der Waals surface area (Å²) >= 11 is 5.39. The van der Waals surface area contributed by atoms with Crippen LogP contribution in [0, 0.1) is 0 Å². The van der Waals surface area contributed by atoms with Gasteiger partial charge in [-0.25, -0.2) is 0 Å². The minimum Gasteiger partial charge on any atom is -0.478 e. The Morgan fingerprint density at radius 1 is 0.824 bits per heavy atom. The van der Waals surface area contributed by atoms with Gasteiger partial charge in [-0.05, 0) is 53.9 Å². The van der Waals surface area contributed by atoms with Crippen molar-refractivity contribution in [3.63, 3.8) is 0 Å². The molecule has 0 radical (unpaired) electrons. The first-order valence-corrected chi connectivity index (χ1v) is 13.0. The summed E-state index contributed by atoms with van der Waals surface area (Å²) in [6.45, 7) is 0. The molecular formula is C29H22BrNO2S. The number of fused-ring (bicyclic) bond motifs is 3. The molecule has 3 nitrogen and oxygen atoms in total. The predicted molar refractivity (Wildman–Crippen MR) is 140 cm³/mol. The monoisotopic (exact) mass is 527 g/mol. The van der Waals surface area contributed by atoms with Crippen molar-refractivity contribution in [2.75, 3.05) is 4.90 Å². The lowest BCUT2D eigenvalue weighted by atomic mass is 9.70. The Balaban J connectivity index is 1.54. The Morgan fingerprint density at radius 2 is 1.47 bits per heavy atom. The van der Waals surface area contributed by atoms with Crippen molar-refractivity contribution in [3.05, 3.63) is 125 Å². The van der Waals surface area contributed by atoms with Gasteiger partial charge in [0.25, 0.3) is 5.91 Å². The normalized spacial score (nSPS) is 23.3. The molecule has 2 aliphatic heterocycles. The summed E-state index contributed by atoms with van der Waals surface area (Å²) in [5.74, 6) is 0.707. The molecule has 0 bridgehead atoms. The Bertz CT molecular complexity index is 1330. The van der Waals surface area contributed by atoms with E-state index in [2.05, 4.69) is 64.5 Å². The zero-order valence-corrected chi connectivity index (χ0v) is 20.7. The van der Waals surface area contributed by atoms with Gasteiger partial charge in [0.2, 0.25) is 6.10 Å². The van der Waals surface area contributed by atoms with Crippen LogP contribution in [0.1, 0.15) is 22.8 Å². The van der Waals surface area contributed by atoms with E-state index in [4.69, 9.17) is 4.74 Å². The van der Waals surface area contributed by atoms with Crippen molar-refractivity contribution in [1.82, 2.24) is 0 Å². The smallest absolute Gasteiger partial charge is 0.271 e. The maximum Gasteiger partial charge on any atom is 0.271 e. The fraction of sp³-hybridized carbons (Fsp3) is 0.138. The number of β-lactam (4-membered cyclic amide) rings is 1. The minimum absolute atomic E-state index is 0.00258. The number of hydrogen-bond donors (Lipinski definition) is 0. The quantitative estimate of drug-likeness (QED) is 0.259. The standard InChI is InChI=1S/C29H22BrNO2S/c30-22-17-15-20(16-18-22)26-19-29(21-9-3-1-4-10-21)27(33-23-11-5-2-6-12-23)28(32)31(29)24-13-7-8-14-25(24)34-26/h1-18,26-27H,19H2/t26-,27+,29+/m1/s1. The number of nitrogens with zero attached hydrogens (tertiary/aromatic N) is 1. The molecule has 2 aliphatic rings. The van der Waals surface area contributed by atoms with Crippen LogP contribution in [-0.2, 0) is 10.3 Å². The van der Waals surface area contributed by atoms with Crippen LogP contribution < -0.4 is 9.64 Å². The summed E-state index contributed by atoms with van der Waals surface area (Å²) in [5, 5.41) is 0.148. The number of carbonyl (C=O) groups is 1. The third-order valence-corrected chi connectivity index (χ3v) is 8.51. The van der Waals surface area contributed by atoms with E-state index in [1.807, 2.05) is 77.3 Å². The van der Waals surface area contributed by atoms with Crippen LogP contribution in [0.25, 0.3) is 0 Å². The molecule has 0 spiro atoms. The van der Waals surface area contributed by atoms with E-state index >= 15 is 0 Å². The first-order chi connectivity index (χ1) is 16.7. The second-order valence-corrected chi connectivity index (χ2v) is 10.8. The Labute approximate surface area is 211 Å². The highest BCUT2D eigenvalue weighted by Gasteiger charge is 2.65. The molecule has 4 aromatic carbocycles. The fourth-order valence-electron chi connectivity index (χ4n) is 5.09. The summed E-state index contributed by atoms with van der Waals surface area (Å²) in [4.78, 5) is 16.9. The Kier molecular flexibility index (Phi) is 5.47. The predicted octanol–water partition coefficient (Wildman–Crippen LogP) is 7.38. The van der Waals surface area contributed by atoms with Crippen molar-refractivity contribution in [1.29, 1.82) is 0 Å². The van der Waals surface area contributed by atoms with E-state index in [0.29, 0.717) is 5.75 Å². The van der Waals surface area contributed by atoms with Crippen LogP contribution in [0.4, 0.5) is 5.69 Å². The third kappa shape index (κ3) is 3.46. The van der Waals surface area contributed by atoms with E-state index in [0.717, 1.165) is 27.0 Å². The van der Waals surface area contributed by atoms with E-state index < -0.39 is 11.6 Å². The van der Waals surface area contributed by atoms with Crippen LogP contribution in [-0.4, -0.2) is 12.0 Å². The largest absolute Gasteiger partial charge is 0.478 e. The van der Waals surface area contributed by atoms with Gasteiger partial charge in [0.15, 0.2) is 0 Å². The van der Waals surface area contributed by atoms with E-state index in [-0.39, 0.29) is 11.2 Å². The van der Waals surface area contributed by atoms with Crippen molar-refractivity contribution in [2.24, 2.45) is 0 Å². The number of para-hydroxylation sites is 2. The maximum absolute atomic E-state index is 13.8. The fourth-order valence-corrected chi connectivity index (χ4v) is 6.73. The van der Waals surface area contributed by atoms with Crippen molar-refractivity contribution in [2.45, 2.75) is 28.2 Å². The molecule has 5 heteroatoms. The SMILES string of the molecule is O=C1[C@H](Oc2ccccc2)[C@@]2(c3ccccc3)C[C@H](c3ccc(Br)cc3)Sc3ccccc3N12. The van der Waals surface area contributed by atoms with Crippen molar-refractivity contribution < 1.29 is 9.53 Å². The molecule has 0 unspecified atom stereocenters. The number of carbonyl (C=O) groups excluding carboxylic acids is 1. The van der Waals surface area contributed by atoms with Crippen LogP contribution in [0.5, 0.6) is 5.75 Å². The average molecular weight is 528 g/mol. The average Bonchev–Trinajstić information content (AvgIpc) is 3.02. The summed E-state index contributed by atoms with van der Waals surface area (Å²) in [7, 11) is 0. The zero-order chi connectivity index (χ0) is 23.1. The van der Waals surface area contributed by atoms with Gasteiger partial charge in [-0.2, -0.15) is 0 Å². The second-order valence-electron chi connectivity index (χ2n) is 8.60. The number of anilines is 1. The van der Waals surface area contributed by atoms with Crippen molar-refractivity contribution >= 4 is 39.3 Å². The molecule has 168 valence electrons. The molecule has 0 saturated carbocycles. The number of amides is 1.